The average molecular weight is 791 g/mol. The van der Waals surface area contributed by atoms with Crippen molar-refractivity contribution in [3.63, 3.8) is 0 Å². The summed E-state index contributed by atoms with van der Waals surface area (Å²) in [4.78, 5) is 47.8. The molecule has 0 aliphatic carbocycles. The van der Waals surface area contributed by atoms with Gasteiger partial charge in [0, 0.05) is 38.2 Å². The fraction of sp³-hybridized carbons (Fsp3) is 0.556. The lowest BCUT2D eigenvalue weighted by Gasteiger charge is -2.42. The van der Waals surface area contributed by atoms with Gasteiger partial charge < -0.3 is 24.7 Å². The molecule has 0 aliphatic rings. The smallest absolute Gasteiger partial charge is 0.407 e. The number of rotatable bonds is 16. The molecule has 56 heavy (non-hydrogen) atoms. The Balaban J connectivity index is 2.15. The molecule has 11 heteroatoms. The van der Waals surface area contributed by atoms with E-state index in [0.717, 1.165) is 22.5 Å². The van der Waals surface area contributed by atoms with E-state index in [1.807, 2.05) is 103 Å². The number of nitrogens with zero attached hydrogens (tertiary/aromatic N) is 2. The summed E-state index contributed by atoms with van der Waals surface area (Å²) < 4.78 is 28.3. The SMILES string of the molecule is CCC(=O)[C@@H](NC(=O)[C@H](Cc1ccccc1F)C[C@H](O[Si](C)(C)C(C)(C)C)[C@H](Cc1ccc(-c2ccc(N(C)C)nc2)cc1)NC(=O)OC(C)(C)C)C(C)(C)C. The highest BCUT2D eigenvalue weighted by Gasteiger charge is 2.43. The minimum Gasteiger partial charge on any atom is -0.444 e. The molecule has 2 amide bonds. The van der Waals surface area contributed by atoms with Gasteiger partial charge in [0.2, 0.25) is 5.91 Å². The van der Waals surface area contributed by atoms with Gasteiger partial charge in [-0.15, -0.1) is 0 Å². The quantitative estimate of drug-likeness (QED) is 0.139. The largest absolute Gasteiger partial charge is 0.444 e. The van der Waals surface area contributed by atoms with Gasteiger partial charge in [-0.25, -0.2) is 14.2 Å². The number of nitrogens with one attached hydrogen (secondary N) is 2. The maximum atomic E-state index is 15.3. The molecule has 3 rings (SSSR count). The maximum absolute atomic E-state index is 15.3. The number of halogens is 1. The van der Waals surface area contributed by atoms with Crippen LogP contribution < -0.4 is 15.5 Å². The van der Waals surface area contributed by atoms with Crippen LogP contribution in [0.4, 0.5) is 15.0 Å². The molecule has 2 aromatic carbocycles. The van der Waals surface area contributed by atoms with Crippen molar-refractivity contribution >= 4 is 31.9 Å². The van der Waals surface area contributed by atoms with E-state index in [0.29, 0.717) is 12.0 Å². The number of Topliss-reactive ketones (excluding diaryl/α,β-unsaturated/α-hetero) is 1. The van der Waals surface area contributed by atoms with Gasteiger partial charge in [-0.05, 0) is 98.5 Å². The van der Waals surface area contributed by atoms with Gasteiger partial charge >= 0.3 is 6.09 Å². The predicted molar refractivity (Wildman–Crippen MR) is 228 cm³/mol. The third-order valence-corrected chi connectivity index (χ3v) is 15.0. The van der Waals surface area contributed by atoms with Gasteiger partial charge in [-0.2, -0.15) is 0 Å². The third kappa shape index (κ3) is 13.5. The van der Waals surface area contributed by atoms with Crippen molar-refractivity contribution in [2.45, 2.75) is 137 Å². The number of aromatic nitrogens is 1. The van der Waals surface area contributed by atoms with Crippen LogP contribution in [0.1, 0.15) is 93.2 Å². The summed E-state index contributed by atoms with van der Waals surface area (Å²) in [5, 5.41) is 5.98. The summed E-state index contributed by atoms with van der Waals surface area (Å²) in [5.41, 5.74) is 1.97. The van der Waals surface area contributed by atoms with Crippen LogP contribution in [-0.2, 0) is 31.6 Å². The Bertz CT molecular complexity index is 1760. The zero-order valence-corrected chi connectivity index (χ0v) is 37.3. The van der Waals surface area contributed by atoms with Crippen molar-refractivity contribution < 1.29 is 27.9 Å². The Kier molecular flexibility index (Phi) is 15.6. The molecule has 0 saturated carbocycles. The van der Waals surface area contributed by atoms with Crippen LogP contribution in [0.3, 0.4) is 0 Å². The molecule has 0 aliphatic heterocycles. The number of pyridine rings is 1. The molecule has 9 nitrogen and oxygen atoms in total. The number of carbonyl (C=O) groups excluding carboxylic acids is 3. The molecule has 3 aromatic rings. The van der Waals surface area contributed by atoms with Crippen LogP contribution >= 0.6 is 0 Å². The Hall–Kier alpha value is -4.09. The molecule has 4 atom stereocenters. The second-order valence-electron chi connectivity index (χ2n) is 18.7. The Morgan fingerprint density at radius 3 is 1.95 bits per heavy atom. The number of hydrogen-bond acceptors (Lipinski definition) is 7. The molecular weight excluding hydrogens is 724 g/mol. The normalized spacial score (nSPS) is 14.6. The molecule has 0 fully saturated rings. The van der Waals surface area contributed by atoms with E-state index in [2.05, 4.69) is 49.5 Å². The van der Waals surface area contributed by atoms with E-state index in [-0.39, 0.29) is 36.0 Å². The molecule has 0 unspecified atom stereocenters. The van der Waals surface area contributed by atoms with Crippen molar-refractivity contribution in [2.75, 3.05) is 19.0 Å². The summed E-state index contributed by atoms with van der Waals surface area (Å²) in [6, 6.07) is 17.2. The standard InChI is InChI=1S/C45H67FN4O5Si/c1-15-37(51)40(43(2,3)4)49-41(52)34(27-32-18-16-17-19-35(32)46)28-38(55-56(13,14)45(8,9)10)36(48-42(53)54-44(5,6)7)26-30-20-22-31(23-21-30)33-24-25-39(47-29-33)50(11)12/h16-25,29,34,36,38,40H,15,26-28H2,1-14H3,(H,48,53)(H,49,52)/t34-,36+,38+,40-/m1/s1. The highest BCUT2D eigenvalue weighted by Crippen LogP contribution is 2.39. The van der Waals surface area contributed by atoms with Crippen molar-refractivity contribution in [3.8, 4) is 11.1 Å². The number of amides is 2. The summed E-state index contributed by atoms with van der Waals surface area (Å²) >= 11 is 0. The molecule has 0 spiro atoms. The van der Waals surface area contributed by atoms with Gasteiger partial charge in [0.15, 0.2) is 14.1 Å². The zero-order chi connectivity index (χ0) is 42.2. The lowest BCUT2D eigenvalue weighted by Crippen LogP contribution is -2.55. The molecular formula is C45H67FN4O5Si. The minimum absolute atomic E-state index is 0.0710. The van der Waals surface area contributed by atoms with E-state index < -0.39 is 55.3 Å². The number of ketones is 1. The number of anilines is 1. The minimum atomic E-state index is -2.56. The fourth-order valence-electron chi connectivity index (χ4n) is 6.23. The van der Waals surface area contributed by atoms with Gasteiger partial charge in [0.05, 0.1) is 18.2 Å². The lowest BCUT2D eigenvalue weighted by atomic mass is 9.82. The highest BCUT2D eigenvalue weighted by molar-refractivity contribution is 6.74. The van der Waals surface area contributed by atoms with E-state index >= 15 is 4.39 Å². The molecule has 1 aromatic heterocycles. The molecule has 0 bridgehead atoms. The Labute approximate surface area is 336 Å². The fourth-order valence-corrected chi connectivity index (χ4v) is 7.60. The molecule has 0 saturated heterocycles. The van der Waals surface area contributed by atoms with Gasteiger partial charge in [0.25, 0.3) is 0 Å². The summed E-state index contributed by atoms with van der Waals surface area (Å²) in [6.45, 7) is 23.6. The third-order valence-electron chi connectivity index (χ3n) is 10.5. The monoisotopic (exact) mass is 790 g/mol. The summed E-state index contributed by atoms with van der Waals surface area (Å²) in [5.74, 6) is -0.810. The van der Waals surface area contributed by atoms with Crippen LogP contribution in [0, 0.1) is 17.2 Å². The van der Waals surface area contributed by atoms with Crippen molar-refractivity contribution in [3.05, 3.63) is 83.8 Å². The second kappa shape index (κ2) is 18.9. The lowest BCUT2D eigenvalue weighted by molar-refractivity contribution is -0.133. The van der Waals surface area contributed by atoms with Crippen molar-refractivity contribution in [2.24, 2.45) is 11.3 Å². The van der Waals surface area contributed by atoms with Crippen LogP contribution in [0.25, 0.3) is 11.1 Å². The number of alkyl carbamates (subject to hydrolysis) is 1. The first-order valence-corrected chi connectivity index (χ1v) is 22.7. The zero-order valence-electron chi connectivity index (χ0n) is 36.3. The van der Waals surface area contributed by atoms with Crippen molar-refractivity contribution in [1.82, 2.24) is 15.6 Å². The van der Waals surface area contributed by atoms with E-state index in [1.54, 1.807) is 25.1 Å². The first-order valence-electron chi connectivity index (χ1n) is 19.8. The predicted octanol–water partition coefficient (Wildman–Crippen LogP) is 9.54. The number of carbonyl (C=O) groups is 3. The highest BCUT2D eigenvalue weighted by atomic mass is 28.4. The van der Waals surface area contributed by atoms with E-state index in [9.17, 15) is 14.4 Å². The van der Waals surface area contributed by atoms with E-state index in [4.69, 9.17) is 9.16 Å². The van der Waals surface area contributed by atoms with E-state index in [1.165, 1.54) is 6.07 Å². The second-order valence-corrected chi connectivity index (χ2v) is 23.5. The van der Waals surface area contributed by atoms with Crippen LogP contribution in [0.15, 0.2) is 66.9 Å². The van der Waals surface area contributed by atoms with Crippen molar-refractivity contribution in [1.29, 1.82) is 0 Å². The number of hydrogen-bond donors (Lipinski definition) is 2. The number of benzene rings is 2. The van der Waals surface area contributed by atoms with Gasteiger partial charge in [0.1, 0.15) is 17.2 Å². The van der Waals surface area contributed by atoms with Crippen LogP contribution in [0.5, 0.6) is 0 Å². The topological polar surface area (TPSA) is 110 Å². The first kappa shape index (κ1) is 46.3. The first-order chi connectivity index (χ1) is 25.8. The average Bonchev–Trinajstić information content (AvgIpc) is 3.08. The summed E-state index contributed by atoms with van der Waals surface area (Å²) in [6.07, 6.45) is 1.39. The summed E-state index contributed by atoms with van der Waals surface area (Å²) in [7, 11) is 1.33. The van der Waals surface area contributed by atoms with Gasteiger partial charge in [-0.1, -0.05) is 90.9 Å². The number of ether oxygens (including phenoxy) is 1. The van der Waals surface area contributed by atoms with Crippen LogP contribution in [0.2, 0.25) is 18.1 Å². The Morgan fingerprint density at radius 1 is 0.839 bits per heavy atom. The molecule has 1 heterocycles. The maximum Gasteiger partial charge on any atom is 0.407 e. The van der Waals surface area contributed by atoms with Gasteiger partial charge in [-0.3, -0.25) is 9.59 Å². The Morgan fingerprint density at radius 2 is 1.45 bits per heavy atom. The molecule has 2 N–H and O–H groups in total. The van der Waals surface area contributed by atoms with Crippen LogP contribution in [-0.4, -0.2) is 69.0 Å². The molecule has 0 radical (unpaired) electrons. The molecule has 308 valence electrons.